The summed E-state index contributed by atoms with van der Waals surface area (Å²) in [5, 5.41) is 11.7. The Bertz CT molecular complexity index is 505. The second-order valence-corrected chi connectivity index (χ2v) is 6.12. The van der Waals surface area contributed by atoms with E-state index in [2.05, 4.69) is 5.32 Å². The third-order valence-corrected chi connectivity index (χ3v) is 3.01. The fraction of sp³-hybridized carbons (Fsp3) is 0.500. The molecular weight excluding hydrogens is 270 g/mol. The molecule has 0 aliphatic rings. The molecule has 2 N–H and O–H groups in total. The molecule has 0 unspecified atom stereocenters. The van der Waals surface area contributed by atoms with Crippen LogP contribution in [-0.2, 0) is 9.59 Å². The number of ether oxygens (including phenoxy) is 1. The first-order valence-corrected chi connectivity index (χ1v) is 6.92. The first kappa shape index (κ1) is 17.0. The Kier molecular flexibility index (Phi) is 5.76. The van der Waals surface area contributed by atoms with Crippen molar-refractivity contribution in [1.29, 1.82) is 0 Å². The minimum Gasteiger partial charge on any atom is -0.493 e. The highest BCUT2D eigenvalue weighted by Gasteiger charge is 2.32. The van der Waals surface area contributed by atoms with Crippen molar-refractivity contribution in [2.24, 2.45) is 5.41 Å². The molecule has 1 atom stereocenters. The molecule has 1 aromatic rings. The number of carbonyl (C=O) groups excluding carboxylic acids is 1. The van der Waals surface area contributed by atoms with E-state index in [9.17, 15) is 9.59 Å². The number of nitrogens with one attached hydrogen (secondary N) is 1. The summed E-state index contributed by atoms with van der Waals surface area (Å²) in [5.74, 6) is -0.658. The molecule has 0 aromatic heterocycles. The standard InChI is InChI=1S/C16H23NO4/c1-11-6-5-7-12(10-11)21-9-8-13(18)17-14(15(19)20)16(2,3)4/h5-7,10,14H,8-9H2,1-4H3,(H,17,18)(H,19,20)/t14-/m1/s1. The van der Waals surface area contributed by atoms with Crippen LogP contribution in [0.3, 0.4) is 0 Å². The molecule has 5 nitrogen and oxygen atoms in total. The van der Waals surface area contributed by atoms with Crippen LogP contribution < -0.4 is 10.1 Å². The van der Waals surface area contributed by atoms with Crippen LogP contribution in [0.4, 0.5) is 0 Å². The van der Waals surface area contributed by atoms with Gasteiger partial charge in [-0.1, -0.05) is 32.9 Å². The van der Waals surface area contributed by atoms with Crippen molar-refractivity contribution in [3.05, 3.63) is 29.8 Å². The smallest absolute Gasteiger partial charge is 0.326 e. The van der Waals surface area contributed by atoms with Crippen LogP contribution >= 0.6 is 0 Å². The zero-order chi connectivity index (χ0) is 16.0. The fourth-order valence-corrected chi connectivity index (χ4v) is 1.85. The number of hydrogen-bond donors (Lipinski definition) is 2. The van der Waals surface area contributed by atoms with E-state index in [-0.39, 0.29) is 18.9 Å². The number of hydrogen-bond acceptors (Lipinski definition) is 3. The van der Waals surface area contributed by atoms with Crippen LogP contribution in [0.15, 0.2) is 24.3 Å². The van der Waals surface area contributed by atoms with Crippen molar-refractivity contribution in [3.8, 4) is 5.75 Å². The molecule has 0 aliphatic carbocycles. The predicted molar refractivity (Wildman–Crippen MR) is 80.3 cm³/mol. The maximum Gasteiger partial charge on any atom is 0.326 e. The lowest BCUT2D eigenvalue weighted by molar-refractivity contribution is -0.145. The summed E-state index contributed by atoms with van der Waals surface area (Å²) < 4.78 is 5.48. The van der Waals surface area contributed by atoms with E-state index < -0.39 is 17.4 Å². The number of rotatable bonds is 6. The maximum atomic E-state index is 11.8. The van der Waals surface area contributed by atoms with Gasteiger partial charge in [0.1, 0.15) is 11.8 Å². The van der Waals surface area contributed by atoms with Crippen LogP contribution in [0.25, 0.3) is 0 Å². The summed E-state index contributed by atoms with van der Waals surface area (Å²) in [6.45, 7) is 7.49. The molecule has 1 aromatic carbocycles. The van der Waals surface area contributed by atoms with Crippen molar-refractivity contribution in [2.75, 3.05) is 6.61 Å². The van der Waals surface area contributed by atoms with Gasteiger partial charge in [0.25, 0.3) is 0 Å². The number of benzene rings is 1. The van der Waals surface area contributed by atoms with Crippen molar-refractivity contribution in [1.82, 2.24) is 5.32 Å². The van der Waals surface area contributed by atoms with E-state index in [0.29, 0.717) is 5.75 Å². The van der Waals surface area contributed by atoms with Gasteiger partial charge in [-0.25, -0.2) is 4.79 Å². The largest absolute Gasteiger partial charge is 0.493 e. The van der Waals surface area contributed by atoms with Crippen molar-refractivity contribution in [2.45, 2.75) is 40.2 Å². The molecule has 0 saturated carbocycles. The molecule has 0 aliphatic heterocycles. The maximum absolute atomic E-state index is 11.8. The van der Waals surface area contributed by atoms with E-state index in [1.165, 1.54) is 0 Å². The molecule has 0 saturated heterocycles. The fourth-order valence-electron chi connectivity index (χ4n) is 1.85. The molecule has 0 spiro atoms. The summed E-state index contributed by atoms with van der Waals surface area (Å²) in [6, 6.07) is 6.63. The molecule has 5 heteroatoms. The second-order valence-electron chi connectivity index (χ2n) is 6.12. The van der Waals surface area contributed by atoms with Gasteiger partial charge < -0.3 is 15.2 Å². The van der Waals surface area contributed by atoms with Gasteiger partial charge >= 0.3 is 5.97 Å². The molecule has 116 valence electrons. The normalized spacial score (nSPS) is 12.6. The van der Waals surface area contributed by atoms with Crippen LogP contribution in [0.1, 0.15) is 32.8 Å². The Hall–Kier alpha value is -2.04. The zero-order valence-corrected chi connectivity index (χ0v) is 13.0. The molecule has 1 rings (SSSR count). The number of carbonyl (C=O) groups is 2. The minimum atomic E-state index is -1.03. The summed E-state index contributed by atoms with van der Waals surface area (Å²) in [5.41, 5.74) is 0.537. The van der Waals surface area contributed by atoms with E-state index in [0.717, 1.165) is 5.56 Å². The average Bonchev–Trinajstić information content (AvgIpc) is 2.34. The number of aliphatic carboxylic acids is 1. The first-order valence-electron chi connectivity index (χ1n) is 6.92. The van der Waals surface area contributed by atoms with Crippen molar-refractivity contribution >= 4 is 11.9 Å². The Morgan fingerprint density at radius 3 is 2.52 bits per heavy atom. The summed E-state index contributed by atoms with van der Waals surface area (Å²) in [7, 11) is 0. The van der Waals surface area contributed by atoms with Gasteiger partial charge in [0.15, 0.2) is 0 Å². The molecule has 0 radical (unpaired) electrons. The third kappa shape index (κ3) is 5.85. The van der Waals surface area contributed by atoms with Crippen LogP contribution in [-0.4, -0.2) is 29.6 Å². The lowest BCUT2D eigenvalue weighted by Crippen LogP contribution is -2.49. The van der Waals surface area contributed by atoms with Gasteiger partial charge in [0.05, 0.1) is 13.0 Å². The van der Waals surface area contributed by atoms with Crippen molar-refractivity contribution in [3.63, 3.8) is 0 Å². The molecule has 21 heavy (non-hydrogen) atoms. The molecule has 1 amide bonds. The van der Waals surface area contributed by atoms with Gasteiger partial charge in [-0.2, -0.15) is 0 Å². The van der Waals surface area contributed by atoms with Gasteiger partial charge in [-0.15, -0.1) is 0 Å². The van der Waals surface area contributed by atoms with Crippen LogP contribution in [0.5, 0.6) is 5.75 Å². The number of aryl methyl sites for hydroxylation is 1. The Balaban J connectivity index is 2.45. The summed E-state index contributed by atoms with van der Waals surface area (Å²) >= 11 is 0. The van der Waals surface area contributed by atoms with Crippen molar-refractivity contribution < 1.29 is 19.4 Å². The highest BCUT2D eigenvalue weighted by atomic mass is 16.5. The van der Waals surface area contributed by atoms with E-state index in [1.807, 2.05) is 31.2 Å². The molecule has 0 fully saturated rings. The molecule has 0 heterocycles. The SMILES string of the molecule is Cc1cccc(OCCC(=O)N[C@H](C(=O)O)C(C)(C)C)c1. The summed E-state index contributed by atoms with van der Waals surface area (Å²) in [4.78, 5) is 23.0. The number of carboxylic acid groups (broad SMARTS) is 1. The lowest BCUT2D eigenvalue weighted by Gasteiger charge is -2.27. The third-order valence-electron chi connectivity index (χ3n) is 3.01. The topological polar surface area (TPSA) is 75.6 Å². The van der Waals surface area contributed by atoms with Gasteiger partial charge in [-0.3, -0.25) is 4.79 Å². The molecule has 0 bridgehead atoms. The minimum absolute atomic E-state index is 0.119. The first-order chi connectivity index (χ1) is 9.70. The van der Waals surface area contributed by atoms with E-state index >= 15 is 0 Å². The van der Waals surface area contributed by atoms with Gasteiger partial charge in [0.2, 0.25) is 5.91 Å². The number of carboxylic acids is 1. The predicted octanol–water partition coefficient (Wildman–Crippen LogP) is 2.38. The van der Waals surface area contributed by atoms with Gasteiger partial charge in [-0.05, 0) is 30.0 Å². The van der Waals surface area contributed by atoms with Crippen LogP contribution in [0, 0.1) is 12.3 Å². The monoisotopic (exact) mass is 293 g/mol. The zero-order valence-electron chi connectivity index (χ0n) is 13.0. The number of amides is 1. The quantitative estimate of drug-likeness (QED) is 0.844. The lowest BCUT2D eigenvalue weighted by atomic mass is 9.86. The van der Waals surface area contributed by atoms with E-state index in [1.54, 1.807) is 20.8 Å². The Labute approximate surface area is 125 Å². The molecular formula is C16H23NO4. The summed E-state index contributed by atoms with van der Waals surface area (Å²) in [6.07, 6.45) is 0.119. The van der Waals surface area contributed by atoms with Gasteiger partial charge in [0, 0.05) is 0 Å². The highest BCUT2D eigenvalue weighted by Crippen LogP contribution is 2.19. The van der Waals surface area contributed by atoms with E-state index in [4.69, 9.17) is 9.84 Å². The highest BCUT2D eigenvalue weighted by molar-refractivity contribution is 5.84. The second kappa shape index (κ2) is 7.11. The Morgan fingerprint density at radius 1 is 1.33 bits per heavy atom. The van der Waals surface area contributed by atoms with Crippen LogP contribution in [0.2, 0.25) is 0 Å². The average molecular weight is 293 g/mol. The Morgan fingerprint density at radius 2 is 2.00 bits per heavy atom.